The van der Waals surface area contributed by atoms with Gasteiger partial charge in [0.05, 0.1) is 0 Å². The molecule has 0 rings (SSSR count). The Kier molecular flexibility index (Phi) is 3.53. The van der Waals surface area contributed by atoms with Gasteiger partial charge in [0.1, 0.15) is 5.60 Å². The second-order valence-corrected chi connectivity index (χ2v) is 3.38. The first kappa shape index (κ1) is 11.5. The van der Waals surface area contributed by atoms with Gasteiger partial charge in [0.2, 0.25) is 0 Å². The van der Waals surface area contributed by atoms with Crippen LogP contribution in [-0.2, 0) is 14.3 Å². The fourth-order valence-corrected chi connectivity index (χ4v) is 0.547. The summed E-state index contributed by atoms with van der Waals surface area (Å²) in [7, 11) is 0. The summed E-state index contributed by atoms with van der Waals surface area (Å²) < 4.78 is 4.64. The molecule has 0 heterocycles. The molecular formula is C7H11NO5. The van der Waals surface area contributed by atoms with Gasteiger partial charge in [0, 0.05) is 0 Å². The number of ether oxygens (including phenoxy) is 1. The highest BCUT2D eigenvalue weighted by Crippen LogP contribution is 2.09. The molecule has 0 bridgehead atoms. The van der Waals surface area contributed by atoms with Gasteiger partial charge < -0.3 is 9.84 Å². The van der Waals surface area contributed by atoms with Crippen molar-refractivity contribution in [1.29, 1.82) is 0 Å². The van der Waals surface area contributed by atoms with Crippen LogP contribution in [0.2, 0.25) is 0 Å². The Morgan fingerprint density at radius 3 is 2.08 bits per heavy atom. The van der Waals surface area contributed by atoms with Crippen LogP contribution in [0.25, 0.3) is 0 Å². The van der Waals surface area contributed by atoms with E-state index in [2.05, 4.69) is 9.91 Å². The van der Waals surface area contributed by atoms with Crippen molar-refractivity contribution in [2.75, 3.05) is 0 Å². The minimum absolute atomic E-state index is 0.824. The van der Waals surface area contributed by atoms with E-state index >= 15 is 0 Å². The van der Waals surface area contributed by atoms with Gasteiger partial charge in [-0.25, -0.2) is 9.59 Å². The summed E-state index contributed by atoms with van der Waals surface area (Å²) in [5.41, 5.74) is -0.824. The van der Waals surface area contributed by atoms with E-state index in [1.807, 2.05) is 0 Å². The number of rotatable bonds is 3. The number of nitrogens with zero attached hydrogens (tertiary/aromatic N) is 1. The third kappa shape index (κ3) is 4.19. The summed E-state index contributed by atoms with van der Waals surface area (Å²) in [6.45, 7) is 4.69. The first-order chi connectivity index (χ1) is 5.78. The van der Waals surface area contributed by atoms with E-state index < -0.39 is 23.6 Å². The second kappa shape index (κ2) is 3.97. The first-order valence-corrected chi connectivity index (χ1v) is 3.56. The van der Waals surface area contributed by atoms with E-state index in [9.17, 15) is 14.5 Å². The zero-order chi connectivity index (χ0) is 10.6. The number of hydrogen-bond acceptors (Lipinski definition) is 5. The fourth-order valence-electron chi connectivity index (χ4n) is 0.547. The summed E-state index contributed by atoms with van der Waals surface area (Å²) in [6.07, 6.45) is 0. The van der Waals surface area contributed by atoms with Crippen LogP contribution in [0.4, 0.5) is 0 Å². The van der Waals surface area contributed by atoms with Crippen molar-refractivity contribution in [3.05, 3.63) is 4.91 Å². The monoisotopic (exact) mass is 189 g/mol. The summed E-state index contributed by atoms with van der Waals surface area (Å²) in [4.78, 5) is 31.1. The number of esters is 1. The molecule has 6 heteroatoms. The van der Waals surface area contributed by atoms with Crippen LogP contribution in [0.1, 0.15) is 20.8 Å². The molecule has 0 aliphatic heterocycles. The molecule has 0 aromatic heterocycles. The van der Waals surface area contributed by atoms with Crippen molar-refractivity contribution in [2.24, 2.45) is 5.18 Å². The third-order valence-corrected chi connectivity index (χ3v) is 0.969. The van der Waals surface area contributed by atoms with Crippen LogP contribution in [0.15, 0.2) is 5.18 Å². The molecule has 6 nitrogen and oxygen atoms in total. The van der Waals surface area contributed by atoms with Gasteiger partial charge in [-0.3, -0.25) is 0 Å². The molecule has 0 aromatic rings. The van der Waals surface area contributed by atoms with E-state index in [1.165, 1.54) is 0 Å². The van der Waals surface area contributed by atoms with Crippen LogP contribution in [0.3, 0.4) is 0 Å². The lowest BCUT2D eigenvalue weighted by Crippen LogP contribution is -2.35. The maximum atomic E-state index is 10.9. The van der Waals surface area contributed by atoms with Crippen LogP contribution < -0.4 is 0 Å². The lowest BCUT2D eigenvalue weighted by Gasteiger charge is -2.19. The summed E-state index contributed by atoms with van der Waals surface area (Å²) in [5.74, 6) is -2.75. The predicted molar refractivity (Wildman–Crippen MR) is 43.1 cm³/mol. The Labute approximate surface area is 74.9 Å². The zero-order valence-corrected chi connectivity index (χ0v) is 7.60. The molecule has 74 valence electrons. The van der Waals surface area contributed by atoms with Gasteiger partial charge in [0.25, 0.3) is 6.04 Å². The van der Waals surface area contributed by atoms with Gasteiger partial charge in [-0.2, -0.15) is 0 Å². The summed E-state index contributed by atoms with van der Waals surface area (Å²) >= 11 is 0. The van der Waals surface area contributed by atoms with Crippen molar-refractivity contribution in [3.63, 3.8) is 0 Å². The van der Waals surface area contributed by atoms with Crippen molar-refractivity contribution in [1.82, 2.24) is 0 Å². The van der Waals surface area contributed by atoms with Crippen LogP contribution in [0, 0.1) is 4.91 Å². The lowest BCUT2D eigenvalue weighted by molar-refractivity contribution is -0.161. The standard InChI is InChI=1S/C7H11NO5/c1-7(2,3)13-6(11)4(8-12)5(9)10/h4H,1-3H3,(H,9,10). The normalized spacial score (nSPS) is 13.2. The van der Waals surface area contributed by atoms with Gasteiger partial charge in [-0.1, -0.05) is 0 Å². The second-order valence-electron chi connectivity index (χ2n) is 3.38. The van der Waals surface area contributed by atoms with Crippen molar-refractivity contribution >= 4 is 11.9 Å². The molecule has 0 saturated carbocycles. The molecule has 0 fully saturated rings. The molecule has 1 unspecified atom stereocenters. The molecule has 0 aliphatic carbocycles. The van der Waals surface area contributed by atoms with Gasteiger partial charge in [-0.05, 0) is 25.9 Å². The Bertz CT molecular complexity index is 230. The molecule has 0 aliphatic rings. The average molecular weight is 189 g/mol. The molecule has 0 aromatic carbocycles. The molecule has 1 N–H and O–H groups in total. The van der Waals surface area contributed by atoms with Crippen LogP contribution in [0.5, 0.6) is 0 Å². The number of hydrogen-bond donors (Lipinski definition) is 1. The molecule has 0 amide bonds. The maximum Gasteiger partial charge on any atom is 0.346 e. The quantitative estimate of drug-likeness (QED) is 0.397. The molecule has 0 spiro atoms. The number of carbonyl (C=O) groups is 2. The first-order valence-electron chi connectivity index (χ1n) is 3.56. The predicted octanol–water partition coefficient (Wildman–Crippen LogP) is 0.548. The minimum Gasteiger partial charge on any atom is -0.479 e. The summed E-state index contributed by atoms with van der Waals surface area (Å²) in [6, 6.07) is -1.97. The number of carboxylic acids is 1. The molecule has 13 heavy (non-hydrogen) atoms. The van der Waals surface area contributed by atoms with Crippen molar-refractivity contribution < 1.29 is 19.4 Å². The van der Waals surface area contributed by atoms with Crippen molar-refractivity contribution in [3.8, 4) is 0 Å². The Morgan fingerprint density at radius 2 is 1.85 bits per heavy atom. The largest absolute Gasteiger partial charge is 0.479 e. The summed E-state index contributed by atoms with van der Waals surface area (Å²) in [5, 5.41) is 10.5. The van der Waals surface area contributed by atoms with Gasteiger partial charge in [-0.15, -0.1) is 4.91 Å². The fraction of sp³-hybridized carbons (Fsp3) is 0.714. The molecule has 0 radical (unpaired) electrons. The highest BCUT2D eigenvalue weighted by Gasteiger charge is 2.32. The SMILES string of the molecule is CC(C)(C)OC(=O)C(N=O)C(=O)O. The number of carbonyl (C=O) groups excluding carboxylic acids is 1. The third-order valence-electron chi connectivity index (χ3n) is 0.969. The van der Waals surface area contributed by atoms with E-state index in [0.29, 0.717) is 0 Å². The van der Waals surface area contributed by atoms with Crippen LogP contribution in [-0.4, -0.2) is 28.7 Å². The van der Waals surface area contributed by atoms with E-state index in [0.717, 1.165) is 0 Å². The Hall–Kier alpha value is -1.46. The van der Waals surface area contributed by atoms with Crippen molar-refractivity contribution in [2.45, 2.75) is 32.4 Å². The van der Waals surface area contributed by atoms with Gasteiger partial charge >= 0.3 is 11.9 Å². The molecule has 1 atom stereocenters. The van der Waals surface area contributed by atoms with Crippen LogP contribution >= 0.6 is 0 Å². The zero-order valence-electron chi connectivity index (χ0n) is 7.60. The number of nitroso groups, excluding NO2 is 1. The maximum absolute atomic E-state index is 10.9. The smallest absolute Gasteiger partial charge is 0.346 e. The average Bonchev–Trinajstić information content (AvgIpc) is 1.82. The van der Waals surface area contributed by atoms with E-state index in [-0.39, 0.29) is 0 Å². The van der Waals surface area contributed by atoms with E-state index in [4.69, 9.17) is 5.11 Å². The molecular weight excluding hydrogens is 178 g/mol. The lowest BCUT2D eigenvalue weighted by atomic mass is 10.2. The van der Waals surface area contributed by atoms with E-state index in [1.54, 1.807) is 20.8 Å². The number of aliphatic carboxylic acids is 1. The Morgan fingerprint density at radius 1 is 1.38 bits per heavy atom. The minimum atomic E-state index is -1.97. The van der Waals surface area contributed by atoms with Gasteiger partial charge in [0.15, 0.2) is 0 Å². The highest BCUT2D eigenvalue weighted by molar-refractivity contribution is 5.98. The highest BCUT2D eigenvalue weighted by atomic mass is 16.6. The number of carboxylic acid groups (broad SMARTS) is 1. The molecule has 0 saturated heterocycles. The topological polar surface area (TPSA) is 93.0 Å². The Balaban J connectivity index is 4.41.